The van der Waals surface area contributed by atoms with E-state index in [1.54, 1.807) is 36.2 Å². The molecule has 0 radical (unpaired) electrons. The number of nitrogens with one attached hydrogen (secondary N) is 2. The van der Waals surface area contributed by atoms with Gasteiger partial charge in [-0.2, -0.15) is 0 Å². The molecule has 1 aromatic carbocycles. The van der Waals surface area contributed by atoms with Crippen LogP contribution in [0.3, 0.4) is 0 Å². The lowest BCUT2D eigenvalue weighted by Gasteiger charge is -2.14. The number of ether oxygens (including phenoxy) is 1. The highest BCUT2D eigenvalue weighted by Gasteiger charge is 2.09. The maximum atomic E-state index is 10.9. The number of imidazole rings is 1. The summed E-state index contributed by atoms with van der Waals surface area (Å²) in [4.78, 5) is 16.2. The molecule has 1 atom stereocenters. The van der Waals surface area contributed by atoms with Gasteiger partial charge in [0.2, 0.25) is 0 Å². The number of hydrogen-bond donors (Lipinski definition) is 2. The third kappa shape index (κ3) is 4.23. The van der Waals surface area contributed by atoms with Gasteiger partial charge in [0.1, 0.15) is 11.2 Å². The van der Waals surface area contributed by atoms with Gasteiger partial charge in [-0.3, -0.25) is 0 Å². The molecule has 1 heterocycles. The summed E-state index contributed by atoms with van der Waals surface area (Å²) in [5.74, 6) is 1.24. The first-order valence-electron chi connectivity index (χ1n) is 5.54. The first-order chi connectivity index (χ1) is 9.04. The largest absolute Gasteiger partial charge is 0.479 e. The summed E-state index contributed by atoms with van der Waals surface area (Å²) in [6, 6.07) is 5.10. The lowest BCUT2D eigenvalue weighted by molar-refractivity contribution is 0.308. The first-order valence-corrected chi connectivity index (χ1v) is 7.35. The van der Waals surface area contributed by atoms with Crippen LogP contribution in [0.1, 0.15) is 12.6 Å². The number of aromatic nitrogens is 2. The second-order valence-electron chi connectivity index (χ2n) is 3.84. The summed E-state index contributed by atoms with van der Waals surface area (Å²) in [6.07, 6.45) is 1.65. The molecule has 0 fully saturated rings. The minimum Gasteiger partial charge on any atom is -0.479 e. The predicted molar refractivity (Wildman–Crippen MR) is 79.3 cm³/mol. The molecule has 0 spiro atoms. The smallest absolute Gasteiger partial charge is 0.323 e. The van der Waals surface area contributed by atoms with Crippen molar-refractivity contribution in [2.75, 3.05) is 0 Å². The zero-order valence-electron chi connectivity index (χ0n) is 10.1. The van der Waals surface area contributed by atoms with Gasteiger partial charge in [-0.05, 0) is 25.1 Å². The summed E-state index contributed by atoms with van der Waals surface area (Å²) in [5.41, 5.74) is 0.523. The van der Waals surface area contributed by atoms with Crippen molar-refractivity contribution in [3.8, 4) is 5.75 Å². The van der Waals surface area contributed by atoms with Crippen LogP contribution in [-0.2, 0) is 5.75 Å². The van der Waals surface area contributed by atoms with Crippen LogP contribution in [0.5, 0.6) is 5.75 Å². The van der Waals surface area contributed by atoms with Crippen LogP contribution < -0.4 is 10.4 Å². The van der Waals surface area contributed by atoms with E-state index in [4.69, 9.17) is 27.9 Å². The van der Waals surface area contributed by atoms with Crippen LogP contribution >= 0.6 is 35.0 Å². The van der Waals surface area contributed by atoms with Crippen molar-refractivity contribution in [1.29, 1.82) is 0 Å². The highest BCUT2D eigenvalue weighted by molar-refractivity contribution is 7.98. The van der Waals surface area contributed by atoms with Gasteiger partial charge in [0.25, 0.3) is 0 Å². The number of hydrogen-bond acceptors (Lipinski definition) is 3. The Morgan fingerprint density at radius 2 is 2.21 bits per heavy atom. The number of rotatable bonds is 5. The number of thioether (sulfide) groups is 1. The molecule has 1 aromatic heterocycles. The van der Waals surface area contributed by atoms with E-state index in [2.05, 4.69) is 9.97 Å². The molecule has 0 aliphatic rings. The van der Waals surface area contributed by atoms with Crippen molar-refractivity contribution < 1.29 is 4.74 Å². The number of halogens is 2. The van der Waals surface area contributed by atoms with Gasteiger partial charge in [-0.1, -0.05) is 23.2 Å². The Morgan fingerprint density at radius 3 is 2.84 bits per heavy atom. The maximum absolute atomic E-state index is 10.9. The molecule has 0 bridgehead atoms. The first kappa shape index (κ1) is 14.4. The molecule has 102 valence electrons. The van der Waals surface area contributed by atoms with Gasteiger partial charge in [-0.15, -0.1) is 11.8 Å². The highest BCUT2D eigenvalue weighted by Crippen LogP contribution is 2.30. The Balaban J connectivity index is 1.90. The Bertz CT molecular complexity index is 612. The maximum Gasteiger partial charge on any atom is 0.323 e. The Labute approximate surface area is 124 Å². The fraction of sp³-hybridized carbons (Fsp3) is 0.250. The lowest BCUT2D eigenvalue weighted by atomic mass is 10.3. The van der Waals surface area contributed by atoms with E-state index in [9.17, 15) is 4.79 Å². The van der Waals surface area contributed by atoms with E-state index in [0.29, 0.717) is 21.5 Å². The van der Waals surface area contributed by atoms with Crippen LogP contribution in [-0.4, -0.2) is 15.4 Å². The fourth-order valence-electron chi connectivity index (χ4n) is 1.44. The van der Waals surface area contributed by atoms with E-state index in [0.717, 1.165) is 5.69 Å². The topological polar surface area (TPSA) is 57.9 Å². The summed E-state index contributed by atoms with van der Waals surface area (Å²) in [5, 5.41) is 1.05. The van der Waals surface area contributed by atoms with Crippen molar-refractivity contribution >= 4 is 35.0 Å². The standard InChI is InChI=1S/C12H12Cl2N2O2S/c1-7(19-6-9-5-15-12(17)16-9)18-11-3-2-8(13)4-10(11)14/h2-5,7H,6H2,1H3,(H2,15,16,17). The molecule has 2 aromatic rings. The molecule has 0 aliphatic carbocycles. The minimum atomic E-state index is -0.204. The number of benzene rings is 1. The lowest BCUT2D eigenvalue weighted by Crippen LogP contribution is -2.08. The Kier molecular flexibility index (Phi) is 4.85. The van der Waals surface area contributed by atoms with Crippen LogP contribution in [0.2, 0.25) is 10.0 Å². The van der Waals surface area contributed by atoms with E-state index in [1.165, 1.54) is 0 Å². The number of H-pyrrole nitrogens is 2. The van der Waals surface area contributed by atoms with E-state index < -0.39 is 0 Å². The summed E-state index contributed by atoms with van der Waals surface area (Å²) in [6.45, 7) is 1.92. The van der Waals surface area contributed by atoms with Crippen LogP contribution in [0.15, 0.2) is 29.2 Å². The Hall–Kier alpha value is -1.04. The molecule has 4 nitrogen and oxygen atoms in total. The molecule has 1 unspecified atom stereocenters. The third-order valence-electron chi connectivity index (χ3n) is 2.31. The SMILES string of the molecule is CC(Oc1ccc(Cl)cc1Cl)SCc1c[nH]c(=O)[nH]1. The highest BCUT2D eigenvalue weighted by atomic mass is 35.5. The molecule has 2 rings (SSSR count). The normalized spacial score (nSPS) is 12.4. The predicted octanol–water partition coefficient (Wildman–Crippen LogP) is 3.67. The summed E-state index contributed by atoms with van der Waals surface area (Å²) in [7, 11) is 0. The molecular weight excluding hydrogens is 307 g/mol. The molecule has 2 N–H and O–H groups in total. The molecule has 0 saturated heterocycles. The molecule has 19 heavy (non-hydrogen) atoms. The number of aromatic amines is 2. The average molecular weight is 319 g/mol. The van der Waals surface area contributed by atoms with E-state index in [-0.39, 0.29) is 11.1 Å². The molecular formula is C12H12Cl2N2O2S. The Morgan fingerprint density at radius 1 is 1.42 bits per heavy atom. The van der Waals surface area contributed by atoms with Crippen molar-refractivity contribution in [2.24, 2.45) is 0 Å². The molecule has 0 aliphatic heterocycles. The molecule has 0 saturated carbocycles. The molecule has 7 heteroatoms. The molecule has 0 amide bonds. The van der Waals surface area contributed by atoms with Crippen LogP contribution in [0.4, 0.5) is 0 Å². The fourth-order valence-corrected chi connectivity index (χ4v) is 2.63. The average Bonchev–Trinajstić information content (AvgIpc) is 2.76. The van der Waals surface area contributed by atoms with Gasteiger partial charge in [0, 0.05) is 22.7 Å². The van der Waals surface area contributed by atoms with Gasteiger partial charge in [0.15, 0.2) is 0 Å². The second kappa shape index (κ2) is 6.41. The van der Waals surface area contributed by atoms with Gasteiger partial charge < -0.3 is 14.7 Å². The van der Waals surface area contributed by atoms with Crippen molar-refractivity contribution in [3.05, 3.63) is 50.6 Å². The zero-order chi connectivity index (χ0) is 13.8. The van der Waals surface area contributed by atoms with Crippen LogP contribution in [0, 0.1) is 0 Å². The summed E-state index contributed by atoms with van der Waals surface area (Å²) >= 11 is 13.4. The van der Waals surface area contributed by atoms with Gasteiger partial charge >= 0.3 is 5.69 Å². The van der Waals surface area contributed by atoms with E-state index in [1.807, 2.05) is 6.92 Å². The monoisotopic (exact) mass is 318 g/mol. The van der Waals surface area contributed by atoms with Crippen molar-refractivity contribution in [1.82, 2.24) is 9.97 Å². The van der Waals surface area contributed by atoms with Gasteiger partial charge in [0.05, 0.1) is 5.02 Å². The second-order valence-corrected chi connectivity index (χ2v) is 5.97. The minimum absolute atomic E-state index is 0.0999. The van der Waals surface area contributed by atoms with Crippen molar-refractivity contribution in [3.63, 3.8) is 0 Å². The third-order valence-corrected chi connectivity index (χ3v) is 3.89. The quantitative estimate of drug-likeness (QED) is 0.827. The zero-order valence-corrected chi connectivity index (χ0v) is 12.4. The summed E-state index contributed by atoms with van der Waals surface area (Å²) < 4.78 is 5.70. The van der Waals surface area contributed by atoms with E-state index >= 15 is 0 Å². The van der Waals surface area contributed by atoms with Crippen molar-refractivity contribution in [2.45, 2.75) is 18.1 Å². The van der Waals surface area contributed by atoms with Crippen LogP contribution in [0.25, 0.3) is 0 Å². The van der Waals surface area contributed by atoms with Gasteiger partial charge in [-0.25, -0.2) is 4.79 Å².